The molecule has 3 nitrogen and oxygen atoms in total. The minimum Gasteiger partial charge on any atom is -0.313 e. The summed E-state index contributed by atoms with van der Waals surface area (Å²) in [5.41, 5.74) is 0. The van der Waals surface area contributed by atoms with Crippen molar-refractivity contribution in [1.82, 2.24) is 5.01 Å². The van der Waals surface area contributed by atoms with Crippen molar-refractivity contribution in [3.8, 4) is 0 Å². The summed E-state index contributed by atoms with van der Waals surface area (Å²) >= 11 is 0. The van der Waals surface area contributed by atoms with Gasteiger partial charge in [0.1, 0.15) is 0 Å². The maximum Gasteiger partial charge on any atom is 0.0688 e. The molecular formula is C6H9N3. The third-order valence-electron chi connectivity index (χ3n) is 0.959. The number of hydrazine groups is 1. The highest BCUT2D eigenvalue weighted by molar-refractivity contribution is 5.60. The van der Waals surface area contributed by atoms with Gasteiger partial charge in [-0.15, -0.1) is 0 Å². The Hall–Kier alpha value is -1.09. The molecule has 1 rings (SSSR count). The first-order valence-corrected chi connectivity index (χ1v) is 2.76. The molecule has 0 atom stereocenters. The molecule has 0 aromatic carbocycles. The lowest BCUT2D eigenvalue weighted by Gasteiger charge is -2.08. The van der Waals surface area contributed by atoms with Crippen LogP contribution >= 0.6 is 0 Å². The van der Waals surface area contributed by atoms with Gasteiger partial charge in [0.2, 0.25) is 0 Å². The monoisotopic (exact) mass is 123 g/mol. The van der Waals surface area contributed by atoms with E-state index in [4.69, 9.17) is 5.84 Å². The molecule has 0 amide bonds. The standard InChI is InChI=1S/C6H9N3/c7-9-5-2-1-3-8-4-6-9/h1-5H,6-7H2. The Morgan fingerprint density at radius 2 is 2.33 bits per heavy atom. The first-order chi connectivity index (χ1) is 4.39. The number of allylic oxidation sites excluding steroid dienone is 2. The molecule has 0 aromatic heterocycles. The summed E-state index contributed by atoms with van der Waals surface area (Å²) in [5, 5.41) is 1.56. The number of rotatable bonds is 0. The number of hydrogen-bond donors (Lipinski definition) is 1. The van der Waals surface area contributed by atoms with Crippen LogP contribution < -0.4 is 5.84 Å². The van der Waals surface area contributed by atoms with Crippen molar-refractivity contribution in [3.05, 3.63) is 24.6 Å². The molecule has 2 N–H and O–H groups in total. The Kier molecular flexibility index (Phi) is 2.04. The van der Waals surface area contributed by atoms with Crippen LogP contribution in [0.25, 0.3) is 0 Å². The van der Waals surface area contributed by atoms with E-state index < -0.39 is 0 Å². The second-order valence-electron chi connectivity index (χ2n) is 1.71. The minimum absolute atomic E-state index is 0.668. The van der Waals surface area contributed by atoms with Crippen LogP contribution in [0.1, 0.15) is 0 Å². The first kappa shape index (κ1) is 6.04. The molecule has 0 fully saturated rings. The summed E-state index contributed by atoms with van der Waals surface area (Å²) in [7, 11) is 0. The van der Waals surface area contributed by atoms with Crippen LogP contribution in [0, 0.1) is 0 Å². The fraction of sp³-hybridized carbons (Fsp3) is 0.167. The normalized spacial score (nSPS) is 17.7. The van der Waals surface area contributed by atoms with Gasteiger partial charge in [0.15, 0.2) is 0 Å². The fourth-order valence-electron chi connectivity index (χ4n) is 0.523. The molecule has 1 aliphatic heterocycles. The van der Waals surface area contributed by atoms with E-state index in [1.54, 1.807) is 23.6 Å². The van der Waals surface area contributed by atoms with Crippen molar-refractivity contribution in [3.63, 3.8) is 0 Å². The first-order valence-electron chi connectivity index (χ1n) is 2.76. The molecule has 0 bridgehead atoms. The molecule has 0 unspecified atom stereocenters. The molecule has 3 heteroatoms. The van der Waals surface area contributed by atoms with Gasteiger partial charge in [-0.25, -0.2) is 5.84 Å². The highest BCUT2D eigenvalue weighted by atomic mass is 15.4. The summed E-state index contributed by atoms with van der Waals surface area (Å²) in [6.45, 7) is 0.668. The lowest BCUT2D eigenvalue weighted by atomic mass is 10.5. The van der Waals surface area contributed by atoms with Crippen molar-refractivity contribution in [2.24, 2.45) is 10.8 Å². The van der Waals surface area contributed by atoms with Crippen molar-refractivity contribution in [2.75, 3.05) is 6.54 Å². The minimum atomic E-state index is 0.668. The van der Waals surface area contributed by atoms with E-state index >= 15 is 0 Å². The lowest BCUT2D eigenvalue weighted by molar-refractivity contribution is 0.454. The zero-order valence-electron chi connectivity index (χ0n) is 5.07. The van der Waals surface area contributed by atoms with Crippen LogP contribution in [-0.4, -0.2) is 17.8 Å². The van der Waals surface area contributed by atoms with Crippen LogP contribution in [0.15, 0.2) is 29.5 Å². The summed E-state index contributed by atoms with van der Waals surface area (Å²) < 4.78 is 0. The van der Waals surface area contributed by atoms with Crippen LogP contribution in [0.2, 0.25) is 0 Å². The van der Waals surface area contributed by atoms with E-state index in [-0.39, 0.29) is 0 Å². The third-order valence-corrected chi connectivity index (χ3v) is 0.959. The van der Waals surface area contributed by atoms with Crippen molar-refractivity contribution >= 4 is 6.21 Å². The molecule has 48 valence electrons. The highest BCUT2D eigenvalue weighted by Gasteiger charge is 1.85. The molecule has 0 saturated carbocycles. The van der Waals surface area contributed by atoms with Gasteiger partial charge in [0.05, 0.1) is 6.54 Å². The smallest absolute Gasteiger partial charge is 0.0688 e. The molecule has 0 aromatic rings. The summed E-state index contributed by atoms with van der Waals surface area (Å²) in [4.78, 5) is 3.90. The predicted octanol–water partition coefficient (Wildman–Crippen LogP) is 0.274. The van der Waals surface area contributed by atoms with Gasteiger partial charge in [-0.05, 0) is 12.2 Å². The lowest BCUT2D eigenvalue weighted by Crippen LogP contribution is -2.26. The predicted molar refractivity (Wildman–Crippen MR) is 37.7 cm³/mol. The number of hydrogen-bond acceptors (Lipinski definition) is 3. The van der Waals surface area contributed by atoms with Crippen LogP contribution in [0.5, 0.6) is 0 Å². The Balaban J connectivity index is 2.59. The number of nitrogens with two attached hydrogens (primary N) is 1. The van der Waals surface area contributed by atoms with Gasteiger partial charge in [0, 0.05) is 18.6 Å². The summed E-state index contributed by atoms with van der Waals surface area (Å²) in [6.07, 6.45) is 8.94. The van der Waals surface area contributed by atoms with Gasteiger partial charge in [-0.3, -0.25) is 4.99 Å². The van der Waals surface area contributed by atoms with Crippen molar-refractivity contribution in [2.45, 2.75) is 0 Å². The van der Waals surface area contributed by atoms with Crippen LogP contribution in [-0.2, 0) is 0 Å². The number of aliphatic imine (C=N–C) groups is 1. The Morgan fingerprint density at radius 1 is 1.44 bits per heavy atom. The van der Waals surface area contributed by atoms with Gasteiger partial charge < -0.3 is 5.01 Å². The van der Waals surface area contributed by atoms with E-state index in [9.17, 15) is 0 Å². The van der Waals surface area contributed by atoms with E-state index in [0.29, 0.717) is 6.54 Å². The van der Waals surface area contributed by atoms with Crippen molar-refractivity contribution < 1.29 is 0 Å². The maximum atomic E-state index is 5.43. The van der Waals surface area contributed by atoms with E-state index in [1.165, 1.54) is 0 Å². The summed E-state index contributed by atoms with van der Waals surface area (Å²) in [6, 6.07) is 0. The molecule has 1 aliphatic rings. The SMILES string of the molecule is NN1C=CC=CN=CC1. The van der Waals surface area contributed by atoms with Gasteiger partial charge in [-0.2, -0.15) is 0 Å². The second kappa shape index (κ2) is 3.04. The van der Waals surface area contributed by atoms with Gasteiger partial charge in [0.25, 0.3) is 0 Å². The number of nitrogens with zero attached hydrogens (tertiary/aromatic N) is 2. The molecule has 9 heavy (non-hydrogen) atoms. The van der Waals surface area contributed by atoms with E-state index in [0.717, 1.165) is 0 Å². The molecule has 0 radical (unpaired) electrons. The van der Waals surface area contributed by atoms with E-state index in [2.05, 4.69) is 4.99 Å². The second-order valence-corrected chi connectivity index (χ2v) is 1.71. The zero-order chi connectivity index (χ0) is 6.53. The highest BCUT2D eigenvalue weighted by Crippen LogP contribution is 1.85. The molecule has 1 heterocycles. The molecule has 0 spiro atoms. The van der Waals surface area contributed by atoms with Crippen molar-refractivity contribution in [1.29, 1.82) is 0 Å². The quantitative estimate of drug-likeness (QED) is 0.470. The Labute approximate surface area is 54.1 Å². The maximum absolute atomic E-state index is 5.43. The Bertz CT molecular complexity index is 158. The van der Waals surface area contributed by atoms with E-state index in [1.807, 2.05) is 12.2 Å². The zero-order valence-corrected chi connectivity index (χ0v) is 5.07. The Morgan fingerprint density at radius 3 is 3.22 bits per heavy atom. The molecule has 0 saturated heterocycles. The largest absolute Gasteiger partial charge is 0.313 e. The van der Waals surface area contributed by atoms with Gasteiger partial charge >= 0.3 is 0 Å². The summed E-state index contributed by atoms with van der Waals surface area (Å²) in [5.74, 6) is 5.43. The van der Waals surface area contributed by atoms with Crippen LogP contribution in [0.4, 0.5) is 0 Å². The van der Waals surface area contributed by atoms with Crippen LogP contribution in [0.3, 0.4) is 0 Å². The fourth-order valence-corrected chi connectivity index (χ4v) is 0.523. The average Bonchev–Trinajstić information content (AvgIpc) is 1.79. The topological polar surface area (TPSA) is 41.6 Å². The average molecular weight is 123 g/mol. The molecular weight excluding hydrogens is 114 g/mol. The molecule has 0 aliphatic carbocycles. The van der Waals surface area contributed by atoms with Gasteiger partial charge in [-0.1, -0.05) is 0 Å². The third kappa shape index (κ3) is 2.10.